The highest BCUT2D eigenvalue weighted by Gasteiger charge is 2.38. The van der Waals surface area contributed by atoms with Gasteiger partial charge in [0.25, 0.3) is 0 Å². The number of hydrogen-bond donors (Lipinski definition) is 0. The fourth-order valence-electron chi connectivity index (χ4n) is 2.17. The van der Waals surface area contributed by atoms with Crippen LogP contribution in [0.1, 0.15) is 67.7 Å². The van der Waals surface area contributed by atoms with Gasteiger partial charge in [0.1, 0.15) is 5.78 Å². The van der Waals surface area contributed by atoms with Crippen molar-refractivity contribution in [2.75, 3.05) is 13.6 Å². The molecule has 1 unspecified atom stereocenters. The third-order valence-electron chi connectivity index (χ3n) is 3.75. The zero-order chi connectivity index (χ0) is 16.1. The normalized spacial score (nSPS) is 14.0. The molecule has 0 aliphatic rings. The molecule has 0 aromatic heterocycles. The summed E-state index contributed by atoms with van der Waals surface area (Å²) in [6.45, 7) is 14.8. The highest BCUT2D eigenvalue weighted by Crippen LogP contribution is 2.35. The number of carbonyl (C=O) groups is 2. The molecule has 0 radical (unpaired) electrons. The lowest BCUT2D eigenvalue weighted by Crippen LogP contribution is -2.40. The number of Topliss-reactive ketones (excluding diaryl/α,β-unsaturated/α-hetero) is 1. The third-order valence-corrected chi connectivity index (χ3v) is 3.75. The second-order valence-electron chi connectivity index (χ2n) is 7.91. The van der Waals surface area contributed by atoms with Crippen LogP contribution >= 0.6 is 0 Å². The van der Waals surface area contributed by atoms with E-state index < -0.39 is 5.41 Å². The first-order chi connectivity index (χ1) is 8.91. The molecule has 0 rings (SSSR count). The molecule has 0 aromatic rings. The van der Waals surface area contributed by atoms with Crippen LogP contribution in [0.3, 0.4) is 0 Å². The second kappa shape index (κ2) is 7.24. The second-order valence-corrected chi connectivity index (χ2v) is 7.91. The Kier molecular flexibility index (Phi) is 6.92. The van der Waals surface area contributed by atoms with Gasteiger partial charge in [0.05, 0.1) is 0 Å². The maximum absolute atomic E-state index is 12.6. The molecule has 3 nitrogen and oxygen atoms in total. The van der Waals surface area contributed by atoms with E-state index in [0.717, 1.165) is 19.4 Å². The van der Waals surface area contributed by atoms with Crippen LogP contribution in [0.5, 0.6) is 0 Å². The minimum atomic E-state index is -0.403. The predicted octanol–water partition coefficient (Wildman–Crippen LogP) is 3.91. The van der Waals surface area contributed by atoms with E-state index in [0.29, 0.717) is 6.42 Å². The van der Waals surface area contributed by atoms with Gasteiger partial charge in [-0.15, -0.1) is 0 Å². The Hall–Kier alpha value is -0.860. The van der Waals surface area contributed by atoms with Crippen LogP contribution in [0.4, 0.5) is 0 Å². The standard InChI is InChI=1S/C17H33NO2/c1-9-10-11-18(8)14(19)12-13(16(2,3)4)15(20)17(5,6)7/h13H,9-12H2,1-8H3. The molecule has 0 bridgehead atoms. The van der Waals surface area contributed by atoms with E-state index in [1.165, 1.54) is 0 Å². The van der Waals surface area contributed by atoms with Crippen molar-refractivity contribution < 1.29 is 9.59 Å². The topological polar surface area (TPSA) is 37.4 Å². The summed E-state index contributed by atoms with van der Waals surface area (Å²) >= 11 is 0. The van der Waals surface area contributed by atoms with Gasteiger partial charge in [0.15, 0.2) is 0 Å². The molecule has 3 heteroatoms. The molecule has 0 spiro atoms. The monoisotopic (exact) mass is 283 g/mol. The molecule has 0 saturated carbocycles. The zero-order valence-corrected chi connectivity index (χ0v) is 14.7. The Morgan fingerprint density at radius 3 is 1.90 bits per heavy atom. The minimum absolute atomic E-state index is 0.0796. The lowest BCUT2D eigenvalue weighted by atomic mass is 9.69. The van der Waals surface area contributed by atoms with Crippen LogP contribution in [0.2, 0.25) is 0 Å². The average molecular weight is 283 g/mol. The van der Waals surface area contributed by atoms with Gasteiger partial charge in [0, 0.05) is 31.3 Å². The lowest BCUT2D eigenvalue weighted by molar-refractivity contribution is -0.141. The summed E-state index contributed by atoms with van der Waals surface area (Å²) in [4.78, 5) is 26.7. The molecule has 20 heavy (non-hydrogen) atoms. The fourth-order valence-corrected chi connectivity index (χ4v) is 2.17. The molecule has 0 aliphatic heterocycles. The third kappa shape index (κ3) is 6.06. The average Bonchev–Trinajstić information content (AvgIpc) is 2.28. The Labute approximate surface area is 125 Å². The maximum Gasteiger partial charge on any atom is 0.223 e. The number of unbranched alkanes of at least 4 members (excludes halogenated alkanes) is 1. The molecule has 0 aromatic carbocycles. The lowest BCUT2D eigenvalue weighted by Gasteiger charge is -2.34. The number of nitrogens with zero attached hydrogens (tertiary/aromatic N) is 1. The van der Waals surface area contributed by atoms with Crippen molar-refractivity contribution in [1.82, 2.24) is 4.90 Å². The van der Waals surface area contributed by atoms with Crippen molar-refractivity contribution in [3.63, 3.8) is 0 Å². The van der Waals surface area contributed by atoms with Crippen molar-refractivity contribution in [1.29, 1.82) is 0 Å². The van der Waals surface area contributed by atoms with Gasteiger partial charge < -0.3 is 4.90 Å². The number of ketones is 1. The SMILES string of the molecule is CCCCN(C)C(=O)CC(C(=O)C(C)(C)C)C(C)(C)C. The Balaban J connectivity index is 4.94. The summed E-state index contributed by atoms with van der Waals surface area (Å²) in [5.74, 6) is 0.0392. The molecular weight excluding hydrogens is 250 g/mol. The van der Waals surface area contributed by atoms with Crippen molar-refractivity contribution in [3.8, 4) is 0 Å². The molecule has 0 N–H and O–H groups in total. The summed E-state index contributed by atoms with van der Waals surface area (Å²) in [5, 5.41) is 0. The van der Waals surface area contributed by atoms with Gasteiger partial charge in [0.2, 0.25) is 5.91 Å². The van der Waals surface area contributed by atoms with Gasteiger partial charge in [-0.25, -0.2) is 0 Å². The zero-order valence-electron chi connectivity index (χ0n) is 14.7. The summed E-state index contributed by atoms with van der Waals surface area (Å²) in [7, 11) is 1.83. The van der Waals surface area contributed by atoms with Gasteiger partial charge in [-0.3, -0.25) is 9.59 Å². The Morgan fingerprint density at radius 1 is 1.05 bits per heavy atom. The van der Waals surface area contributed by atoms with Crippen molar-refractivity contribution in [2.24, 2.45) is 16.7 Å². The maximum atomic E-state index is 12.6. The number of rotatable bonds is 6. The summed E-state index contributed by atoms with van der Waals surface area (Å²) in [6, 6.07) is 0. The van der Waals surface area contributed by atoms with Crippen molar-refractivity contribution in [3.05, 3.63) is 0 Å². The van der Waals surface area contributed by atoms with Crippen LogP contribution < -0.4 is 0 Å². The summed E-state index contributed by atoms with van der Waals surface area (Å²) in [6.07, 6.45) is 2.40. The quantitative estimate of drug-likeness (QED) is 0.741. The smallest absolute Gasteiger partial charge is 0.223 e. The van der Waals surface area contributed by atoms with Crippen molar-refractivity contribution in [2.45, 2.75) is 67.7 Å². The minimum Gasteiger partial charge on any atom is -0.346 e. The van der Waals surface area contributed by atoms with Crippen LogP contribution in [-0.2, 0) is 9.59 Å². The van der Waals surface area contributed by atoms with Crippen molar-refractivity contribution >= 4 is 11.7 Å². The van der Waals surface area contributed by atoms with Gasteiger partial charge in [-0.05, 0) is 11.8 Å². The van der Waals surface area contributed by atoms with E-state index in [9.17, 15) is 9.59 Å². The summed E-state index contributed by atoms with van der Waals surface area (Å²) in [5.41, 5.74) is -0.591. The van der Waals surface area contributed by atoms with Crippen LogP contribution in [-0.4, -0.2) is 30.2 Å². The van der Waals surface area contributed by atoms with Crippen LogP contribution in [0.15, 0.2) is 0 Å². The van der Waals surface area contributed by atoms with Crippen LogP contribution in [0, 0.1) is 16.7 Å². The van der Waals surface area contributed by atoms with E-state index in [4.69, 9.17) is 0 Å². The molecule has 0 fully saturated rings. The first-order valence-corrected chi connectivity index (χ1v) is 7.69. The first kappa shape index (κ1) is 19.1. The van der Waals surface area contributed by atoms with E-state index in [-0.39, 0.29) is 23.0 Å². The van der Waals surface area contributed by atoms with E-state index >= 15 is 0 Å². The van der Waals surface area contributed by atoms with E-state index in [2.05, 4.69) is 6.92 Å². The fraction of sp³-hybridized carbons (Fsp3) is 0.882. The molecule has 0 heterocycles. The van der Waals surface area contributed by atoms with E-state index in [1.54, 1.807) is 4.90 Å². The first-order valence-electron chi connectivity index (χ1n) is 7.69. The molecule has 0 aliphatic carbocycles. The molecule has 1 amide bonds. The molecular formula is C17H33NO2. The van der Waals surface area contributed by atoms with Gasteiger partial charge >= 0.3 is 0 Å². The molecule has 118 valence electrons. The number of hydrogen-bond acceptors (Lipinski definition) is 2. The van der Waals surface area contributed by atoms with Gasteiger partial charge in [-0.1, -0.05) is 54.9 Å². The highest BCUT2D eigenvalue weighted by atomic mass is 16.2. The van der Waals surface area contributed by atoms with Crippen LogP contribution in [0.25, 0.3) is 0 Å². The largest absolute Gasteiger partial charge is 0.346 e. The van der Waals surface area contributed by atoms with E-state index in [1.807, 2.05) is 48.6 Å². The highest BCUT2D eigenvalue weighted by molar-refractivity contribution is 5.90. The Morgan fingerprint density at radius 2 is 1.55 bits per heavy atom. The number of amides is 1. The Bertz CT molecular complexity index is 334. The number of carbonyl (C=O) groups excluding carboxylic acids is 2. The predicted molar refractivity (Wildman–Crippen MR) is 84.6 cm³/mol. The summed E-state index contributed by atoms with van der Waals surface area (Å²) < 4.78 is 0. The molecule has 1 atom stereocenters. The molecule has 0 saturated heterocycles. The van der Waals surface area contributed by atoms with Gasteiger partial charge in [-0.2, -0.15) is 0 Å².